The summed E-state index contributed by atoms with van der Waals surface area (Å²) in [6, 6.07) is 2.25. The third kappa shape index (κ3) is 22.9. The largest absolute Gasteiger partial charge is 2.00 e. The van der Waals surface area contributed by atoms with E-state index in [4.69, 9.17) is 0 Å². The van der Waals surface area contributed by atoms with Gasteiger partial charge in [-0.25, -0.2) is 0 Å². The summed E-state index contributed by atoms with van der Waals surface area (Å²) in [5, 5.41) is 4.44. The first-order valence-electron chi connectivity index (χ1n) is 9.15. The van der Waals surface area contributed by atoms with Crippen LogP contribution in [0.4, 0.5) is 0 Å². The molecule has 0 unspecified atom stereocenters. The van der Waals surface area contributed by atoms with Gasteiger partial charge in [-0.05, 0) is 35.2 Å². The van der Waals surface area contributed by atoms with Gasteiger partial charge in [0.2, 0.25) is 0 Å². The van der Waals surface area contributed by atoms with E-state index >= 15 is 0 Å². The van der Waals surface area contributed by atoms with E-state index in [1.807, 2.05) is 11.3 Å². The minimum atomic E-state index is 0. The van der Waals surface area contributed by atoms with Crippen LogP contribution >= 0.6 is 11.3 Å². The molecule has 1 aromatic heterocycles. The Hall–Kier alpha value is 0.946. The van der Waals surface area contributed by atoms with Gasteiger partial charge in [-0.3, -0.25) is 0 Å². The zero-order valence-corrected chi connectivity index (χ0v) is 19.4. The van der Waals surface area contributed by atoms with Gasteiger partial charge >= 0.3 is 23.1 Å². The van der Waals surface area contributed by atoms with Gasteiger partial charge in [0.25, 0.3) is 0 Å². The van der Waals surface area contributed by atoms with E-state index in [1.54, 1.807) is 0 Å². The van der Waals surface area contributed by atoms with Gasteiger partial charge in [0.1, 0.15) is 0 Å². The average Bonchev–Trinajstić information content (AvgIpc) is 3.01. The molecule has 0 aliphatic rings. The average molecular weight is 414 g/mol. The van der Waals surface area contributed by atoms with E-state index < -0.39 is 0 Å². The molecule has 23 heavy (non-hydrogen) atoms. The Labute approximate surface area is 177 Å². The maximum atomic E-state index is 3.78. The Balaban J connectivity index is -0.000000353. The Bertz CT molecular complexity index is 269. The van der Waals surface area contributed by atoms with Crippen molar-refractivity contribution in [3.8, 4) is 0 Å². The Morgan fingerprint density at radius 2 is 1.35 bits per heavy atom. The summed E-state index contributed by atoms with van der Waals surface area (Å²) in [6.45, 7) is 8.29. The Morgan fingerprint density at radius 1 is 0.826 bits per heavy atom. The molecule has 0 N–H and O–H groups in total. The normalized spacial score (nSPS) is 9.35. The second-order valence-corrected chi connectivity index (χ2v) is 6.70. The van der Waals surface area contributed by atoms with Crippen LogP contribution in [0.25, 0.3) is 0 Å². The van der Waals surface area contributed by atoms with Gasteiger partial charge in [0.05, 0.1) is 0 Å². The van der Waals surface area contributed by atoms with Crippen LogP contribution in [0.5, 0.6) is 0 Å². The van der Waals surface area contributed by atoms with Crippen molar-refractivity contribution in [1.29, 1.82) is 0 Å². The van der Waals surface area contributed by atoms with Gasteiger partial charge in [-0.15, -0.1) is 0 Å². The molecule has 0 nitrogen and oxygen atoms in total. The second-order valence-electron chi connectivity index (χ2n) is 5.92. The summed E-state index contributed by atoms with van der Waals surface area (Å²) in [5.41, 5.74) is 1.53. The topological polar surface area (TPSA) is 0 Å². The van der Waals surface area contributed by atoms with Crippen LogP contribution in [0.2, 0.25) is 0 Å². The van der Waals surface area contributed by atoms with Crippen molar-refractivity contribution < 1.29 is 17.0 Å². The minimum absolute atomic E-state index is 0. The molecule has 132 valence electrons. The van der Waals surface area contributed by atoms with Crippen LogP contribution < -0.4 is 17.0 Å². The first-order valence-corrected chi connectivity index (χ1v) is 10.1. The van der Waals surface area contributed by atoms with Crippen LogP contribution in [0, 0.1) is 6.92 Å². The summed E-state index contributed by atoms with van der Waals surface area (Å²) in [6.07, 6.45) is 17.7. The summed E-state index contributed by atoms with van der Waals surface area (Å²) in [4.78, 5) is 0. The number of thiophene rings is 1. The van der Waals surface area contributed by atoms with Crippen molar-refractivity contribution in [2.75, 3.05) is 0 Å². The van der Waals surface area contributed by atoms with Gasteiger partial charge in [-0.1, -0.05) is 78.1 Å². The molecule has 0 amide bonds. The number of unbranched alkanes of at least 4 members (excludes halogenated alkanes) is 10. The SMILES string of the molecule is CCCCCCCCc1ccsc1.[Br-].[CH2-]CCCCCCC.[Mg+2]. The molecule has 0 aliphatic heterocycles. The maximum Gasteiger partial charge on any atom is 2.00 e. The molecule has 0 saturated heterocycles. The first kappa shape index (κ1) is 28.7. The molecular formula is C20H37BrMgS. The molecule has 1 heterocycles. The number of hydrogen-bond donors (Lipinski definition) is 0. The fourth-order valence-corrected chi connectivity index (χ4v) is 3.03. The zero-order chi connectivity index (χ0) is 15.6. The van der Waals surface area contributed by atoms with Crippen molar-refractivity contribution in [2.24, 2.45) is 0 Å². The van der Waals surface area contributed by atoms with E-state index in [9.17, 15) is 0 Å². The van der Waals surface area contributed by atoms with Gasteiger partial charge in [0.15, 0.2) is 0 Å². The predicted molar refractivity (Wildman–Crippen MR) is 106 cm³/mol. The molecule has 1 aromatic rings. The summed E-state index contributed by atoms with van der Waals surface area (Å²) < 4.78 is 0. The summed E-state index contributed by atoms with van der Waals surface area (Å²) >= 11 is 1.81. The molecular weight excluding hydrogens is 376 g/mol. The molecule has 3 heteroatoms. The molecule has 0 saturated carbocycles. The number of aryl methyl sites for hydroxylation is 1. The molecule has 0 aromatic carbocycles. The molecule has 0 fully saturated rings. The standard InChI is InChI=1S/C12H20S.C8H17.BrH.Mg/c1-2-3-4-5-6-7-8-12-9-10-13-11-12;1-3-5-7-8-6-4-2;;/h9-11H,2-8H2,1H3;1,3-8H2,2H3;1H;/q;-1;;+2/p-1. The Kier molecular flexibility index (Phi) is 31.5. The Morgan fingerprint density at radius 3 is 1.83 bits per heavy atom. The maximum absolute atomic E-state index is 3.78. The second kappa shape index (κ2) is 25.2. The monoisotopic (exact) mass is 412 g/mol. The van der Waals surface area contributed by atoms with Crippen molar-refractivity contribution in [2.45, 2.75) is 97.3 Å². The molecule has 0 spiro atoms. The van der Waals surface area contributed by atoms with Gasteiger partial charge in [0, 0.05) is 0 Å². The van der Waals surface area contributed by atoms with Crippen molar-refractivity contribution in [3.05, 3.63) is 29.3 Å². The molecule has 0 atom stereocenters. The molecule has 0 aliphatic carbocycles. The molecule has 0 radical (unpaired) electrons. The van der Waals surface area contributed by atoms with Crippen LogP contribution in [-0.2, 0) is 6.42 Å². The minimum Gasteiger partial charge on any atom is -1.00 e. The molecule has 0 bridgehead atoms. The van der Waals surface area contributed by atoms with Crippen LogP contribution in [0.15, 0.2) is 16.8 Å². The van der Waals surface area contributed by atoms with Crippen LogP contribution in [0.1, 0.15) is 96.5 Å². The van der Waals surface area contributed by atoms with Crippen molar-refractivity contribution >= 4 is 34.4 Å². The van der Waals surface area contributed by atoms with Crippen molar-refractivity contribution in [3.63, 3.8) is 0 Å². The number of hydrogen-bond acceptors (Lipinski definition) is 1. The third-order valence-electron chi connectivity index (χ3n) is 3.75. The van der Waals surface area contributed by atoms with E-state index in [1.165, 1.54) is 82.6 Å². The van der Waals surface area contributed by atoms with Gasteiger partial charge < -0.3 is 23.9 Å². The fraction of sp³-hybridized carbons (Fsp3) is 0.750. The van der Waals surface area contributed by atoms with Crippen LogP contribution in [0.3, 0.4) is 0 Å². The summed E-state index contributed by atoms with van der Waals surface area (Å²) in [7, 11) is 0. The smallest absolute Gasteiger partial charge is 1.00 e. The van der Waals surface area contributed by atoms with E-state index in [0.717, 1.165) is 6.42 Å². The predicted octanol–water partition coefficient (Wildman–Crippen LogP) is 4.46. The first-order chi connectivity index (χ1) is 10.3. The number of rotatable bonds is 12. The van der Waals surface area contributed by atoms with Crippen molar-refractivity contribution in [1.82, 2.24) is 0 Å². The zero-order valence-electron chi connectivity index (χ0n) is 15.6. The quantitative estimate of drug-likeness (QED) is 0.270. The fourth-order valence-electron chi connectivity index (χ4n) is 2.32. The molecule has 1 rings (SSSR count). The van der Waals surface area contributed by atoms with E-state index in [2.05, 4.69) is 37.6 Å². The summed E-state index contributed by atoms with van der Waals surface area (Å²) in [5.74, 6) is 0. The van der Waals surface area contributed by atoms with E-state index in [0.29, 0.717) is 0 Å². The van der Waals surface area contributed by atoms with E-state index in [-0.39, 0.29) is 40.0 Å². The number of halogens is 1. The van der Waals surface area contributed by atoms with Crippen LogP contribution in [-0.4, -0.2) is 23.1 Å². The van der Waals surface area contributed by atoms with Gasteiger partial charge in [-0.2, -0.15) is 17.8 Å². The third-order valence-corrected chi connectivity index (χ3v) is 4.48.